The number of benzene rings is 6. The maximum Gasteiger partial charge on any atom is 0.131 e. The molecule has 220 valence electrons. The van der Waals surface area contributed by atoms with E-state index in [2.05, 4.69) is 105 Å². The van der Waals surface area contributed by atoms with Crippen molar-refractivity contribution in [3.05, 3.63) is 175 Å². The zero-order chi connectivity index (χ0) is 31.2. The first kappa shape index (κ1) is 29.3. The summed E-state index contributed by atoms with van der Waals surface area (Å²) < 4.78 is 12.6. The molecule has 0 aliphatic heterocycles. The van der Waals surface area contributed by atoms with Crippen molar-refractivity contribution in [3.8, 4) is 34.1 Å². The Kier molecular flexibility index (Phi) is 8.61. The number of anilines is 3. The van der Waals surface area contributed by atoms with E-state index in [-0.39, 0.29) is 0 Å². The Balaban J connectivity index is 1.36. The normalized spacial score (nSPS) is 10.6. The first-order chi connectivity index (χ1) is 22.0. The third kappa shape index (κ3) is 7.06. The fourth-order valence-corrected chi connectivity index (χ4v) is 5.11. The number of nitrogens with zero attached hydrogens (tertiary/aromatic N) is 1. The van der Waals surface area contributed by atoms with Crippen LogP contribution in [0.2, 0.25) is 0 Å². The molecule has 6 aromatic rings. The summed E-state index contributed by atoms with van der Waals surface area (Å²) in [6, 6.07) is 47.5. The molecule has 0 fully saturated rings. The number of hydrogen-bond donors (Lipinski definition) is 0. The first-order valence-electron chi connectivity index (χ1n) is 15.0. The maximum absolute atomic E-state index is 6.32. The molecule has 6 rings (SSSR count). The highest BCUT2D eigenvalue weighted by molar-refractivity contribution is 5.79. The van der Waals surface area contributed by atoms with Crippen molar-refractivity contribution in [2.75, 3.05) is 4.90 Å². The van der Waals surface area contributed by atoms with Crippen LogP contribution in [0, 0.1) is 13.8 Å². The molecule has 0 saturated heterocycles. The van der Waals surface area contributed by atoms with Gasteiger partial charge in [0.2, 0.25) is 0 Å². The number of ether oxygens (including phenoxy) is 2. The average molecular weight is 586 g/mol. The molecule has 0 N–H and O–H groups in total. The van der Waals surface area contributed by atoms with E-state index in [1.807, 2.05) is 78.9 Å². The van der Waals surface area contributed by atoms with E-state index in [0.717, 1.165) is 50.8 Å². The molecule has 0 aromatic heterocycles. The lowest BCUT2D eigenvalue weighted by Gasteiger charge is -2.26. The lowest BCUT2D eigenvalue weighted by molar-refractivity contribution is 0.460. The molecule has 0 heterocycles. The van der Waals surface area contributed by atoms with Gasteiger partial charge in [-0.3, -0.25) is 0 Å². The van der Waals surface area contributed by atoms with E-state index in [9.17, 15) is 0 Å². The molecule has 0 saturated carbocycles. The molecule has 0 aliphatic carbocycles. The minimum Gasteiger partial charge on any atom is -0.457 e. The van der Waals surface area contributed by atoms with Crippen molar-refractivity contribution in [1.29, 1.82) is 0 Å². The molecule has 0 spiro atoms. The second-order valence-corrected chi connectivity index (χ2v) is 11.0. The zero-order valence-corrected chi connectivity index (χ0v) is 25.6. The van der Waals surface area contributed by atoms with Gasteiger partial charge in [-0.25, -0.2) is 0 Å². The molecule has 0 atom stereocenters. The third-order valence-electron chi connectivity index (χ3n) is 7.63. The van der Waals surface area contributed by atoms with E-state index in [4.69, 9.17) is 9.47 Å². The number of hydrogen-bond acceptors (Lipinski definition) is 3. The largest absolute Gasteiger partial charge is 0.457 e. The van der Waals surface area contributed by atoms with Crippen LogP contribution >= 0.6 is 0 Å². The van der Waals surface area contributed by atoms with Crippen molar-refractivity contribution in [3.63, 3.8) is 0 Å². The van der Waals surface area contributed by atoms with Crippen LogP contribution in [0.4, 0.5) is 17.1 Å². The van der Waals surface area contributed by atoms with Gasteiger partial charge in [-0.1, -0.05) is 97.1 Å². The van der Waals surface area contributed by atoms with E-state index in [1.54, 1.807) is 0 Å². The molecule has 3 nitrogen and oxygen atoms in total. The molecule has 3 heteroatoms. The Labute approximate surface area is 266 Å². The van der Waals surface area contributed by atoms with Crippen molar-refractivity contribution in [2.45, 2.75) is 13.8 Å². The second kappa shape index (κ2) is 13.2. The second-order valence-electron chi connectivity index (χ2n) is 11.0. The van der Waals surface area contributed by atoms with E-state index in [1.165, 1.54) is 11.1 Å². The lowest BCUT2D eigenvalue weighted by Crippen LogP contribution is -2.09. The summed E-state index contributed by atoms with van der Waals surface area (Å²) in [5.41, 5.74) is 9.84. The molecule has 6 aromatic carbocycles. The minimum absolute atomic E-state index is 0.682. The van der Waals surface area contributed by atoms with Crippen LogP contribution in [0.15, 0.2) is 153 Å². The van der Waals surface area contributed by atoms with Gasteiger partial charge in [-0.05, 0) is 109 Å². The molecule has 0 unspecified atom stereocenters. The van der Waals surface area contributed by atoms with Crippen molar-refractivity contribution >= 4 is 29.2 Å². The Hall–Kier alpha value is -5.80. The van der Waals surface area contributed by atoms with Crippen molar-refractivity contribution < 1.29 is 9.47 Å². The molecule has 0 bridgehead atoms. The van der Waals surface area contributed by atoms with Crippen LogP contribution in [0.3, 0.4) is 0 Å². The van der Waals surface area contributed by atoms with Gasteiger partial charge in [0, 0.05) is 23.1 Å². The fourth-order valence-electron chi connectivity index (χ4n) is 5.11. The lowest BCUT2D eigenvalue weighted by atomic mass is 10.0. The summed E-state index contributed by atoms with van der Waals surface area (Å²) in [6.45, 7) is 11.9. The van der Waals surface area contributed by atoms with Crippen LogP contribution in [-0.2, 0) is 0 Å². The molecule has 45 heavy (non-hydrogen) atoms. The summed E-state index contributed by atoms with van der Waals surface area (Å²) in [6.07, 6.45) is 3.63. The monoisotopic (exact) mass is 585 g/mol. The SMILES string of the molecule is C=Cc1ccc(Oc2cc(Oc3ccc(C=C)cc3)cc(-c3ccc(N(c4ccc(C)cc4)c4ccc(C)cc4)cc3)c2)cc1. The highest BCUT2D eigenvalue weighted by Gasteiger charge is 2.14. The maximum atomic E-state index is 6.32. The van der Waals surface area contributed by atoms with Gasteiger partial charge in [0.25, 0.3) is 0 Å². The quantitative estimate of drug-likeness (QED) is 0.160. The summed E-state index contributed by atoms with van der Waals surface area (Å²) in [4.78, 5) is 2.27. The summed E-state index contributed by atoms with van der Waals surface area (Å²) in [5, 5.41) is 0. The molecule has 0 aliphatic rings. The number of rotatable bonds is 10. The minimum atomic E-state index is 0.682. The highest BCUT2D eigenvalue weighted by atomic mass is 16.5. The van der Waals surface area contributed by atoms with E-state index < -0.39 is 0 Å². The first-order valence-corrected chi connectivity index (χ1v) is 15.0. The van der Waals surface area contributed by atoms with E-state index in [0.29, 0.717) is 11.5 Å². The van der Waals surface area contributed by atoms with Gasteiger partial charge in [-0.15, -0.1) is 0 Å². The Morgan fingerprint density at radius 3 is 1.18 bits per heavy atom. The highest BCUT2D eigenvalue weighted by Crippen LogP contribution is 2.38. The van der Waals surface area contributed by atoms with Gasteiger partial charge < -0.3 is 14.4 Å². The molecular formula is C42H35NO2. The van der Waals surface area contributed by atoms with Gasteiger partial charge in [0.15, 0.2) is 0 Å². The molecular weight excluding hydrogens is 550 g/mol. The number of aryl methyl sites for hydroxylation is 2. The van der Waals surface area contributed by atoms with Crippen LogP contribution in [-0.4, -0.2) is 0 Å². The van der Waals surface area contributed by atoms with Crippen LogP contribution in [0.1, 0.15) is 22.3 Å². The Morgan fingerprint density at radius 2 is 0.800 bits per heavy atom. The van der Waals surface area contributed by atoms with E-state index >= 15 is 0 Å². The molecule has 0 amide bonds. The van der Waals surface area contributed by atoms with Gasteiger partial charge in [-0.2, -0.15) is 0 Å². The fraction of sp³-hybridized carbons (Fsp3) is 0.0476. The molecule has 0 radical (unpaired) electrons. The van der Waals surface area contributed by atoms with Crippen LogP contribution < -0.4 is 14.4 Å². The van der Waals surface area contributed by atoms with Crippen LogP contribution in [0.25, 0.3) is 23.3 Å². The van der Waals surface area contributed by atoms with Crippen molar-refractivity contribution in [1.82, 2.24) is 0 Å². The van der Waals surface area contributed by atoms with Crippen molar-refractivity contribution in [2.24, 2.45) is 0 Å². The predicted molar refractivity (Wildman–Crippen MR) is 189 cm³/mol. The summed E-state index contributed by atoms with van der Waals surface area (Å²) in [5.74, 6) is 2.84. The average Bonchev–Trinajstić information content (AvgIpc) is 3.07. The van der Waals surface area contributed by atoms with Gasteiger partial charge in [0.05, 0.1) is 0 Å². The predicted octanol–water partition coefficient (Wildman–Crippen LogP) is 12.3. The smallest absolute Gasteiger partial charge is 0.131 e. The Bertz CT molecular complexity index is 1790. The van der Waals surface area contributed by atoms with Crippen LogP contribution in [0.5, 0.6) is 23.0 Å². The summed E-state index contributed by atoms with van der Waals surface area (Å²) in [7, 11) is 0. The standard InChI is InChI=1S/C42H35NO2/c1-5-32-11-23-39(24-12-32)44-41-27-35(28-42(29-41)45-40-25-13-33(6-2)14-26-40)34-15-21-38(22-16-34)43(36-17-7-30(3)8-18-36)37-19-9-31(4)10-20-37/h5-29H,1-2H2,3-4H3. The zero-order valence-electron chi connectivity index (χ0n) is 25.6. The summed E-state index contributed by atoms with van der Waals surface area (Å²) >= 11 is 0. The van der Waals surface area contributed by atoms with Gasteiger partial charge in [0.1, 0.15) is 23.0 Å². The third-order valence-corrected chi connectivity index (χ3v) is 7.63. The topological polar surface area (TPSA) is 21.7 Å². The van der Waals surface area contributed by atoms with Gasteiger partial charge >= 0.3 is 0 Å². The Morgan fingerprint density at radius 1 is 0.422 bits per heavy atom.